The van der Waals surface area contributed by atoms with E-state index < -0.39 is 0 Å². The molecule has 1 aromatic heterocycles. The Kier molecular flexibility index (Phi) is 5.82. The van der Waals surface area contributed by atoms with Crippen molar-refractivity contribution < 1.29 is 0 Å². The van der Waals surface area contributed by atoms with Gasteiger partial charge in [0, 0.05) is 31.4 Å². The third kappa shape index (κ3) is 4.58. The molecule has 21 heavy (non-hydrogen) atoms. The van der Waals surface area contributed by atoms with E-state index >= 15 is 0 Å². The van der Waals surface area contributed by atoms with Crippen molar-refractivity contribution in [2.45, 2.75) is 19.9 Å². The molecule has 0 atom stereocenters. The van der Waals surface area contributed by atoms with Crippen molar-refractivity contribution in [2.75, 3.05) is 23.8 Å². The minimum absolute atomic E-state index is 0.651. The van der Waals surface area contributed by atoms with Crippen molar-refractivity contribution >= 4 is 39.3 Å². The molecule has 112 valence electrons. The summed E-state index contributed by atoms with van der Waals surface area (Å²) in [5, 5.41) is 3.95. The third-order valence-corrected chi connectivity index (χ3v) is 3.76. The van der Waals surface area contributed by atoms with E-state index in [4.69, 9.17) is 11.6 Å². The molecule has 0 unspecified atom stereocenters. The number of nitrogens with one attached hydrogen (secondary N) is 1. The standard InChI is InChI=1S/C15H18BrClN4/c1-3-8-18-15-19-9-13(16)14(20-15)21(2)10-11-4-6-12(17)7-5-11/h4-7,9H,3,8,10H2,1-2H3,(H,18,19,20). The van der Waals surface area contributed by atoms with Crippen LogP contribution in [-0.2, 0) is 6.54 Å². The van der Waals surface area contributed by atoms with Gasteiger partial charge < -0.3 is 10.2 Å². The average Bonchev–Trinajstić information content (AvgIpc) is 2.48. The van der Waals surface area contributed by atoms with E-state index in [2.05, 4.69) is 43.0 Å². The molecule has 0 aliphatic heterocycles. The molecule has 1 heterocycles. The zero-order valence-electron chi connectivity index (χ0n) is 12.1. The minimum atomic E-state index is 0.651. The lowest BCUT2D eigenvalue weighted by Crippen LogP contribution is -2.19. The molecule has 0 saturated heterocycles. The van der Waals surface area contributed by atoms with Crippen LogP contribution in [0.1, 0.15) is 18.9 Å². The molecule has 0 fully saturated rings. The molecule has 0 radical (unpaired) electrons. The third-order valence-electron chi connectivity index (χ3n) is 2.95. The molecule has 0 aliphatic carbocycles. The van der Waals surface area contributed by atoms with E-state index in [1.165, 1.54) is 5.56 Å². The summed E-state index contributed by atoms with van der Waals surface area (Å²) in [6, 6.07) is 7.83. The van der Waals surface area contributed by atoms with Crippen molar-refractivity contribution in [3.8, 4) is 0 Å². The van der Waals surface area contributed by atoms with Gasteiger partial charge in [-0.05, 0) is 40.0 Å². The number of hydrogen-bond acceptors (Lipinski definition) is 4. The number of benzene rings is 1. The number of hydrogen-bond donors (Lipinski definition) is 1. The Morgan fingerprint density at radius 1 is 1.29 bits per heavy atom. The highest BCUT2D eigenvalue weighted by Gasteiger charge is 2.10. The van der Waals surface area contributed by atoms with E-state index in [1.807, 2.05) is 31.3 Å². The van der Waals surface area contributed by atoms with Crippen LogP contribution in [-0.4, -0.2) is 23.6 Å². The number of halogens is 2. The maximum atomic E-state index is 5.91. The van der Waals surface area contributed by atoms with Gasteiger partial charge in [-0.2, -0.15) is 4.98 Å². The van der Waals surface area contributed by atoms with Crippen molar-refractivity contribution in [3.05, 3.63) is 45.5 Å². The van der Waals surface area contributed by atoms with Crippen LogP contribution in [0.2, 0.25) is 5.02 Å². The average molecular weight is 370 g/mol. The van der Waals surface area contributed by atoms with Crippen LogP contribution in [0.4, 0.5) is 11.8 Å². The molecular formula is C15H18BrClN4. The van der Waals surface area contributed by atoms with Crippen LogP contribution in [0.5, 0.6) is 0 Å². The van der Waals surface area contributed by atoms with Gasteiger partial charge in [-0.25, -0.2) is 4.98 Å². The Bertz CT molecular complexity index is 589. The minimum Gasteiger partial charge on any atom is -0.354 e. The quantitative estimate of drug-likeness (QED) is 0.822. The Morgan fingerprint density at radius 2 is 2.00 bits per heavy atom. The topological polar surface area (TPSA) is 41.1 Å². The SMILES string of the molecule is CCCNc1ncc(Br)c(N(C)Cc2ccc(Cl)cc2)n1. The first-order valence-corrected chi connectivity index (χ1v) is 7.99. The van der Waals surface area contributed by atoms with E-state index in [9.17, 15) is 0 Å². The molecule has 0 spiro atoms. The van der Waals surface area contributed by atoms with Gasteiger partial charge in [0.05, 0.1) is 4.47 Å². The van der Waals surface area contributed by atoms with Crippen LogP contribution in [0.25, 0.3) is 0 Å². The summed E-state index contributed by atoms with van der Waals surface area (Å²) in [6.45, 7) is 3.72. The zero-order chi connectivity index (χ0) is 15.2. The fourth-order valence-electron chi connectivity index (χ4n) is 1.89. The fourth-order valence-corrected chi connectivity index (χ4v) is 2.51. The van der Waals surface area contributed by atoms with E-state index in [1.54, 1.807) is 6.20 Å². The number of rotatable bonds is 6. The van der Waals surface area contributed by atoms with Crippen LogP contribution < -0.4 is 10.2 Å². The maximum Gasteiger partial charge on any atom is 0.224 e. The second kappa shape index (κ2) is 7.61. The van der Waals surface area contributed by atoms with Crippen molar-refractivity contribution in [3.63, 3.8) is 0 Å². The first kappa shape index (κ1) is 16.0. The molecular weight excluding hydrogens is 352 g/mol. The molecule has 0 bridgehead atoms. The molecule has 1 N–H and O–H groups in total. The molecule has 2 aromatic rings. The summed E-state index contributed by atoms with van der Waals surface area (Å²) < 4.78 is 0.876. The van der Waals surface area contributed by atoms with E-state index in [-0.39, 0.29) is 0 Å². The molecule has 0 saturated carbocycles. The Balaban J connectivity index is 2.13. The molecule has 0 amide bonds. The number of aromatic nitrogens is 2. The van der Waals surface area contributed by atoms with Crippen molar-refractivity contribution in [1.82, 2.24) is 9.97 Å². The molecule has 0 aliphatic rings. The van der Waals surface area contributed by atoms with Crippen molar-refractivity contribution in [2.24, 2.45) is 0 Å². The Morgan fingerprint density at radius 3 is 2.67 bits per heavy atom. The van der Waals surface area contributed by atoms with Crippen LogP contribution >= 0.6 is 27.5 Å². The fraction of sp³-hybridized carbons (Fsp3) is 0.333. The predicted octanol–water partition coefficient (Wildman–Crippen LogP) is 4.35. The van der Waals surface area contributed by atoms with Crippen LogP contribution in [0.3, 0.4) is 0 Å². The summed E-state index contributed by atoms with van der Waals surface area (Å²) in [6.07, 6.45) is 2.81. The highest BCUT2D eigenvalue weighted by molar-refractivity contribution is 9.10. The van der Waals surface area contributed by atoms with Gasteiger partial charge in [0.25, 0.3) is 0 Å². The summed E-state index contributed by atoms with van der Waals surface area (Å²) in [5.74, 6) is 1.51. The second-order valence-electron chi connectivity index (χ2n) is 4.77. The maximum absolute atomic E-state index is 5.91. The number of nitrogens with zero attached hydrogens (tertiary/aromatic N) is 3. The summed E-state index contributed by atoms with van der Waals surface area (Å²) in [4.78, 5) is 10.9. The van der Waals surface area contributed by atoms with Gasteiger partial charge in [0.2, 0.25) is 5.95 Å². The van der Waals surface area contributed by atoms with Gasteiger partial charge in [0.15, 0.2) is 0 Å². The molecule has 4 nitrogen and oxygen atoms in total. The summed E-state index contributed by atoms with van der Waals surface area (Å²) >= 11 is 9.42. The normalized spacial score (nSPS) is 10.5. The van der Waals surface area contributed by atoms with Crippen LogP contribution in [0, 0.1) is 0 Å². The zero-order valence-corrected chi connectivity index (χ0v) is 14.4. The van der Waals surface area contributed by atoms with E-state index in [0.29, 0.717) is 5.95 Å². The van der Waals surface area contributed by atoms with Gasteiger partial charge in [-0.3, -0.25) is 0 Å². The summed E-state index contributed by atoms with van der Waals surface area (Å²) in [7, 11) is 2.01. The summed E-state index contributed by atoms with van der Waals surface area (Å²) in [5.41, 5.74) is 1.18. The predicted molar refractivity (Wildman–Crippen MR) is 92.1 cm³/mol. The van der Waals surface area contributed by atoms with Gasteiger partial charge in [-0.1, -0.05) is 30.7 Å². The smallest absolute Gasteiger partial charge is 0.224 e. The van der Waals surface area contributed by atoms with Crippen molar-refractivity contribution in [1.29, 1.82) is 0 Å². The number of anilines is 2. The Hall–Kier alpha value is -1.33. The first-order chi connectivity index (χ1) is 10.1. The highest BCUT2D eigenvalue weighted by atomic mass is 79.9. The van der Waals surface area contributed by atoms with Gasteiger partial charge in [-0.15, -0.1) is 0 Å². The van der Waals surface area contributed by atoms with Gasteiger partial charge in [0.1, 0.15) is 5.82 Å². The molecule has 1 aromatic carbocycles. The molecule has 6 heteroatoms. The Labute approximate surface area is 138 Å². The lowest BCUT2D eigenvalue weighted by Gasteiger charge is -2.20. The van der Waals surface area contributed by atoms with Gasteiger partial charge >= 0.3 is 0 Å². The molecule has 2 rings (SSSR count). The monoisotopic (exact) mass is 368 g/mol. The first-order valence-electron chi connectivity index (χ1n) is 6.82. The second-order valence-corrected chi connectivity index (χ2v) is 6.07. The van der Waals surface area contributed by atoms with E-state index in [0.717, 1.165) is 34.8 Å². The lowest BCUT2D eigenvalue weighted by atomic mass is 10.2. The highest BCUT2D eigenvalue weighted by Crippen LogP contribution is 2.25. The largest absolute Gasteiger partial charge is 0.354 e. The van der Waals surface area contributed by atoms with Crippen LogP contribution in [0.15, 0.2) is 34.9 Å². The lowest BCUT2D eigenvalue weighted by molar-refractivity contribution is 0.879.